The first-order valence-corrected chi connectivity index (χ1v) is 11.4. The Kier molecular flexibility index (Phi) is 7.33. The molecule has 0 spiro atoms. The second-order valence-electron chi connectivity index (χ2n) is 7.22. The summed E-state index contributed by atoms with van der Waals surface area (Å²) in [5, 5.41) is 4.15. The van der Waals surface area contributed by atoms with Crippen LogP contribution in [-0.2, 0) is 21.2 Å². The van der Waals surface area contributed by atoms with Crippen LogP contribution in [0.5, 0.6) is 0 Å². The Hall–Kier alpha value is -3.29. The lowest BCUT2D eigenvalue weighted by Gasteiger charge is -2.18. The van der Waals surface area contributed by atoms with Gasteiger partial charge in [-0.25, -0.2) is 13.8 Å². The summed E-state index contributed by atoms with van der Waals surface area (Å²) in [5.74, 6) is -0.533. The summed E-state index contributed by atoms with van der Waals surface area (Å²) in [4.78, 5) is 13.0. The van der Waals surface area contributed by atoms with E-state index in [-0.39, 0.29) is 11.3 Å². The molecule has 7 heteroatoms. The molecule has 0 fully saturated rings. The molecule has 1 amide bonds. The molecule has 0 radical (unpaired) electrons. The maximum absolute atomic E-state index is 12.9. The van der Waals surface area contributed by atoms with Crippen LogP contribution < -0.4 is 10.1 Å². The van der Waals surface area contributed by atoms with Crippen molar-refractivity contribution in [2.24, 2.45) is 5.10 Å². The van der Waals surface area contributed by atoms with Gasteiger partial charge in [-0.3, -0.25) is 4.79 Å². The molecule has 31 heavy (non-hydrogen) atoms. The molecule has 1 atom stereocenters. The summed E-state index contributed by atoms with van der Waals surface area (Å²) in [6.07, 6.45) is 0.192. The van der Waals surface area contributed by atoms with E-state index in [9.17, 15) is 13.2 Å². The number of hydrogen-bond acceptors (Lipinski definition) is 4. The van der Waals surface area contributed by atoms with Crippen LogP contribution >= 0.6 is 0 Å². The van der Waals surface area contributed by atoms with E-state index in [1.54, 1.807) is 19.1 Å². The fourth-order valence-corrected chi connectivity index (χ4v) is 4.17. The Bertz CT molecular complexity index is 1140. The quantitative estimate of drug-likeness (QED) is 0.420. The zero-order valence-corrected chi connectivity index (χ0v) is 18.3. The van der Waals surface area contributed by atoms with Crippen LogP contribution in [-0.4, -0.2) is 26.1 Å². The van der Waals surface area contributed by atoms with E-state index in [1.165, 1.54) is 12.1 Å². The molecule has 0 aliphatic rings. The highest BCUT2D eigenvalue weighted by molar-refractivity contribution is 7.89. The van der Waals surface area contributed by atoms with Crippen molar-refractivity contribution >= 4 is 21.6 Å². The first-order chi connectivity index (χ1) is 14.8. The van der Waals surface area contributed by atoms with Gasteiger partial charge in [0.25, 0.3) is 5.91 Å². The van der Waals surface area contributed by atoms with Gasteiger partial charge in [0.1, 0.15) is 6.04 Å². The number of hydrazone groups is 1. The minimum absolute atomic E-state index is 0.105. The third-order valence-corrected chi connectivity index (χ3v) is 6.24. The molecule has 0 unspecified atom stereocenters. The van der Waals surface area contributed by atoms with E-state index in [4.69, 9.17) is 0 Å². The van der Waals surface area contributed by atoms with Gasteiger partial charge < -0.3 is 0 Å². The van der Waals surface area contributed by atoms with Gasteiger partial charge in [-0.2, -0.15) is 9.82 Å². The van der Waals surface area contributed by atoms with Gasteiger partial charge in [0.15, 0.2) is 0 Å². The molecule has 6 nitrogen and oxygen atoms in total. The molecular weight excluding hydrogens is 410 g/mol. The van der Waals surface area contributed by atoms with E-state index < -0.39 is 22.0 Å². The van der Waals surface area contributed by atoms with Gasteiger partial charge in [-0.05, 0) is 43.5 Å². The summed E-state index contributed by atoms with van der Waals surface area (Å²) >= 11 is 0. The molecule has 0 bridgehead atoms. The predicted molar refractivity (Wildman–Crippen MR) is 122 cm³/mol. The van der Waals surface area contributed by atoms with Crippen molar-refractivity contribution in [2.45, 2.75) is 31.2 Å². The van der Waals surface area contributed by atoms with Gasteiger partial charge in [0, 0.05) is 0 Å². The Labute approximate surface area is 183 Å². The number of carbonyl (C=O) groups excluding carboxylic acids is 1. The van der Waals surface area contributed by atoms with E-state index in [0.29, 0.717) is 5.71 Å². The third-order valence-electron chi connectivity index (χ3n) is 4.75. The summed E-state index contributed by atoms with van der Waals surface area (Å²) in [5.41, 5.74) is 5.77. The van der Waals surface area contributed by atoms with Crippen molar-refractivity contribution in [1.29, 1.82) is 0 Å². The highest BCUT2D eigenvalue weighted by Gasteiger charge is 2.26. The minimum atomic E-state index is -3.89. The number of hydrogen-bond donors (Lipinski definition) is 2. The fraction of sp³-hybridized carbons (Fsp3) is 0.167. The predicted octanol–water partition coefficient (Wildman–Crippen LogP) is 3.43. The van der Waals surface area contributed by atoms with E-state index in [0.717, 1.165) is 16.7 Å². The largest absolute Gasteiger partial charge is 0.271 e. The molecular formula is C24H25N3O3S. The van der Waals surface area contributed by atoms with Crippen LogP contribution in [0, 0.1) is 6.92 Å². The average molecular weight is 436 g/mol. The number of nitrogens with zero attached hydrogens (tertiary/aromatic N) is 1. The maximum atomic E-state index is 12.9. The molecule has 160 valence electrons. The van der Waals surface area contributed by atoms with Crippen LogP contribution in [0.25, 0.3) is 0 Å². The zero-order valence-electron chi connectivity index (χ0n) is 17.4. The Balaban J connectivity index is 1.82. The molecule has 0 aromatic heterocycles. The number of sulfonamides is 1. The van der Waals surface area contributed by atoms with E-state index >= 15 is 0 Å². The van der Waals surface area contributed by atoms with Crippen molar-refractivity contribution in [1.82, 2.24) is 10.1 Å². The van der Waals surface area contributed by atoms with Crippen molar-refractivity contribution < 1.29 is 13.2 Å². The van der Waals surface area contributed by atoms with Gasteiger partial charge in [0.05, 0.1) is 10.6 Å². The van der Waals surface area contributed by atoms with Crippen molar-refractivity contribution in [2.75, 3.05) is 0 Å². The van der Waals surface area contributed by atoms with Gasteiger partial charge in [0.2, 0.25) is 10.0 Å². The van der Waals surface area contributed by atoms with E-state index in [1.807, 2.05) is 67.6 Å². The summed E-state index contributed by atoms with van der Waals surface area (Å²) in [7, 11) is -3.89. The number of amides is 1. The molecule has 0 heterocycles. The highest BCUT2D eigenvalue weighted by Crippen LogP contribution is 2.12. The molecule has 0 aliphatic heterocycles. The summed E-state index contributed by atoms with van der Waals surface area (Å²) in [6.45, 7) is 3.65. The summed E-state index contributed by atoms with van der Waals surface area (Å²) in [6, 6.07) is 24.1. The van der Waals surface area contributed by atoms with Crippen molar-refractivity contribution in [3.05, 3.63) is 102 Å². The second-order valence-corrected chi connectivity index (χ2v) is 8.93. The van der Waals surface area contributed by atoms with Gasteiger partial charge in [-0.15, -0.1) is 0 Å². The number of benzene rings is 3. The van der Waals surface area contributed by atoms with Crippen LogP contribution in [0.3, 0.4) is 0 Å². The van der Waals surface area contributed by atoms with Gasteiger partial charge >= 0.3 is 0 Å². The van der Waals surface area contributed by atoms with Crippen molar-refractivity contribution in [3.8, 4) is 0 Å². The van der Waals surface area contributed by atoms with Gasteiger partial charge in [-0.1, -0.05) is 78.4 Å². The fourth-order valence-electron chi connectivity index (χ4n) is 2.97. The molecule has 3 rings (SSSR count). The van der Waals surface area contributed by atoms with Crippen LogP contribution in [0.4, 0.5) is 0 Å². The third kappa shape index (κ3) is 6.34. The molecule has 0 aliphatic carbocycles. The smallest absolute Gasteiger partial charge is 0.258 e. The standard InChI is InChI=1S/C24H25N3O3S/c1-18-13-15-22(16-14-18)31(29,30)27-23(17-20-9-5-3-6-10-20)24(28)26-25-19(2)21-11-7-4-8-12-21/h3-16,23,27H,17H2,1-2H3,(H,26,28)/b25-19+/t23-/m0/s1. The Morgan fingerprint density at radius 2 is 1.48 bits per heavy atom. The number of aryl methyl sites for hydroxylation is 1. The molecule has 0 saturated carbocycles. The van der Waals surface area contributed by atoms with Crippen LogP contribution in [0.1, 0.15) is 23.6 Å². The topological polar surface area (TPSA) is 87.6 Å². The van der Waals surface area contributed by atoms with Crippen LogP contribution in [0.2, 0.25) is 0 Å². The molecule has 3 aromatic carbocycles. The highest BCUT2D eigenvalue weighted by atomic mass is 32.2. The number of carbonyl (C=O) groups is 1. The molecule has 0 saturated heterocycles. The molecule has 2 N–H and O–H groups in total. The lowest BCUT2D eigenvalue weighted by Crippen LogP contribution is -2.46. The van der Waals surface area contributed by atoms with E-state index in [2.05, 4.69) is 15.2 Å². The molecule has 3 aromatic rings. The van der Waals surface area contributed by atoms with Crippen LogP contribution in [0.15, 0.2) is 94.9 Å². The lowest BCUT2D eigenvalue weighted by molar-refractivity contribution is -0.122. The first-order valence-electron chi connectivity index (χ1n) is 9.87. The first kappa shape index (κ1) is 22.4. The normalized spacial score (nSPS) is 12.9. The second kappa shape index (κ2) is 10.1. The minimum Gasteiger partial charge on any atom is -0.271 e. The average Bonchev–Trinajstić information content (AvgIpc) is 2.78. The number of rotatable bonds is 8. The zero-order chi connectivity index (χ0) is 22.3. The number of nitrogens with one attached hydrogen (secondary N) is 2. The SMILES string of the molecule is C/C(=N\NC(=O)[C@H](Cc1ccccc1)NS(=O)(=O)c1ccc(C)cc1)c1ccccc1. The lowest BCUT2D eigenvalue weighted by atomic mass is 10.1. The Morgan fingerprint density at radius 3 is 2.10 bits per heavy atom. The maximum Gasteiger partial charge on any atom is 0.258 e. The van der Waals surface area contributed by atoms with Crippen molar-refractivity contribution in [3.63, 3.8) is 0 Å². The monoisotopic (exact) mass is 435 g/mol. The summed E-state index contributed by atoms with van der Waals surface area (Å²) < 4.78 is 28.3. The Morgan fingerprint density at radius 1 is 0.903 bits per heavy atom.